The molecule has 0 spiro atoms. The van der Waals surface area contributed by atoms with Crippen molar-refractivity contribution in [2.75, 3.05) is 39.6 Å². The summed E-state index contributed by atoms with van der Waals surface area (Å²) < 4.78 is 17.8. The van der Waals surface area contributed by atoms with Crippen LogP contribution in [0.15, 0.2) is 6.20 Å². The average molecular weight is 368 g/mol. The van der Waals surface area contributed by atoms with Gasteiger partial charge in [0.1, 0.15) is 5.69 Å². The van der Waals surface area contributed by atoms with Crippen molar-refractivity contribution >= 4 is 11.8 Å². The molecule has 0 radical (unpaired) electrons. The smallest absolute Gasteiger partial charge is 0.232 e. The van der Waals surface area contributed by atoms with Gasteiger partial charge in [-0.05, 0) is 6.42 Å². The maximum absolute atomic E-state index is 11.9. The van der Waals surface area contributed by atoms with E-state index in [0.717, 1.165) is 13.0 Å². The number of aromatic nitrogens is 3. The molecule has 0 aliphatic carbocycles. The van der Waals surface area contributed by atoms with E-state index in [2.05, 4.69) is 17.2 Å². The van der Waals surface area contributed by atoms with Gasteiger partial charge in [0, 0.05) is 18.9 Å². The molecule has 0 bridgehead atoms. The number of rotatable bonds is 13. The molecule has 9 heteroatoms. The van der Waals surface area contributed by atoms with E-state index in [9.17, 15) is 9.59 Å². The SMILES string of the molecule is CCCOCCOCCOCCn1cc(CN2C(=O)CC(C)C2=O)nn1. The number of amides is 2. The lowest BCUT2D eigenvalue weighted by Gasteiger charge is -2.11. The van der Waals surface area contributed by atoms with Crippen LogP contribution in [0.2, 0.25) is 0 Å². The summed E-state index contributed by atoms with van der Waals surface area (Å²) in [5, 5.41) is 8.00. The molecule has 1 aromatic heterocycles. The summed E-state index contributed by atoms with van der Waals surface area (Å²) >= 11 is 0. The van der Waals surface area contributed by atoms with Gasteiger partial charge in [-0.25, -0.2) is 4.68 Å². The summed E-state index contributed by atoms with van der Waals surface area (Å²) in [4.78, 5) is 24.9. The summed E-state index contributed by atoms with van der Waals surface area (Å²) in [5.41, 5.74) is 0.594. The highest BCUT2D eigenvalue weighted by Gasteiger charge is 2.35. The van der Waals surface area contributed by atoms with E-state index in [1.54, 1.807) is 17.8 Å². The fraction of sp³-hybridized carbons (Fsp3) is 0.765. The molecule has 1 unspecified atom stereocenters. The Kier molecular flexibility index (Phi) is 8.66. The number of hydrogen-bond acceptors (Lipinski definition) is 7. The number of nitrogens with zero attached hydrogens (tertiary/aromatic N) is 4. The molecule has 26 heavy (non-hydrogen) atoms. The van der Waals surface area contributed by atoms with Crippen LogP contribution in [0.4, 0.5) is 0 Å². The Hall–Kier alpha value is -1.84. The minimum Gasteiger partial charge on any atom is -0.379 e. The molecule has 146 valence electrons. The zero-order valence-electron chi connectivity index (χ0n) is 15.6. The summed E-state index contributed by atoms with van der Waals surface area (Å²) in [7, 11) is 0. The standard InChI is InChI=1S/C17H28N4O5/c1-3-5-24-7-9-26-10-8-25-6-4-20-12-15(18-19-20)13-21-16(22)11-14(2)17(21)23/h12,14H,3-11,13H2,1-2H3. The third-order valence-corrected chi connectivity index (χ3v) is 3.93. The number of likely N-dealkylation sites (tertiary alicyclic amines) is 1. The molecular formula is C17H28N4O5. The van der Waals surface area contributed by atoms with E-state index in [-0.39, 0.29) is 30.7 Å². The fourth-order valence-electron chi connectivity index (χ4n) is 2.54. The van der Waals surface area contributed by atoms with Crippen LogP contribution in [0, 0.1) is 5.92 Å². The molecular weight excluding hydrogens is 340 g/mol. The zero-order valence-corrected chi connectivity index (χ0v) is 15.6. The lowest BCUT2D eigenvalue weighted by molar-refractivity contribution is -0.140. The Morgan fingerprint density at radius 3 is 2.35 bits per heavy atom. The van der Waals surface area contributed by atoms with E-state index in [1.807, 2.05) is 0 Å². The van der Waals surface area contributed by atoms with E-state index < -0.39 is 0 Å². The molecule has 1 saturated heterocycles. The van der Waals surface area contributed by atoms with Gasteiger partial charge < -0.3 is 14.2 Å². The van der Waals surface area contributed by atoms with Crippen molar-refractivity contribution < 1.29 is 23.8 Å². The van der Waals surface area contributed by atoms with Crippen molar-refractivity contribution in [3.63, 3.8) is 0 Å². The molecule has 1 aromatic rings. The van der Waals surface area contributed by atoms with E-state index in [0.29, 0.717) is 45.3 Å². The number of hydrogen-bond donors (Lipinski definition) is 0. The summed E-state index contributed by atoms with van der Waals surface area (Å²) in [6, 6.07) is 0. The second-order valence-corrected chi connectivity index (χ2v) is 6.23. The third kappa shape index (κ3) is 6.47. The summed E-state index contributed by atoms with van der Waals surface area (Å²) in [6.45, 7) is 8.00. The average Bonchev–Trinajstić information content (AvgIpc) is 3.16. The molecule has 2 rings (SSSR count). The van der Waals surface area contributed by atoms with E-state index in [4.69, 9.17) is 14.2 Å². The largest absolute Gasteiger partial charge is 0.379 e. The first-order valence-corrected chi connectivity index (χ1v) is 9.08. The van der Waals surface area contributed by atoms with Crippen molar-refractivity contribution in [1.29, 1.82) is 0 Å². The minimum absolute atomic E-state index is 0.145. The van der Waals surface area contributed by atoms with Gasteiger partial charge in [0.15, 0.2) is 0 Å². The molecule has 0 saturated carbocycles. The molecule has 1 atom stereocenters. The molecule has 1 aliphatic rings. The zero-order chi connectivity index (χ0) is 18.8. The van der Waals surface area contributed by atoms with Crippen LogP contribution in [0.25, 0.3) is 0 Å². The number of ether oxygens (including phenoxy) is 3. The third-order valence-electron chi connectivity index (χ3n) is 3.93. The second kappa shape index (κ2) is 11.0. The molecule has 2 amide bonds. The molecule has 0 N–H and O–H groups in total. The molecule has 9 nitrogen and oxygen atoms in total. The first-order chi connectivity index (χ1) is 12.6. The maximum Gasteiger partial charge on any atom is 0.232 e. The Morgan fingerprint density at radius 2 is 1.73 bits per heavy atom. The lowest BCUT2D eigenvalue weighted by Crippen LogP contribution is -2.29. The van der Waals surface area contributed by atoms with Crippen molar-refractivity contribution in [2.24, 2.45) is 5.92 Å². The topological polar surface area (TPSA) is 95.8 Å². The molecule has 1 aliphatic heterocycles. The van der Waals surface area contributed by atoms with Gasteiger partial charge in [0.25, 0.3) is 0 Å². The highest BCUT2D eigenvalue weighted by atomic mass is 16.5. The van der Waals surface area contributed by atoms with Gasteiger partial charge in [0.2, 0.25) is 11.8 Å². The quantitative estimate of drug-likeness (QED) is 0.372. The highest BCUT2D eigenvalue weighted by Crippen LogP contribution is 2.20. The molecule has 1 fully saturated rings. The lowest BCUT2D eigenvalue weighted by atomic mass is 10.1. The van der Waals surface area contributed by atoms with Crippen LogP contribution in [-0.2, 0) is 36.9 Å². The number of carbonyl (C=O) groups excluding carboxylic acids is 2. The second-order valence-electron chi connectivity index (χ2n) is 6.23. The number of imide groups is 1. The van der Waals surface area contributed by atoms with Crippen LogP contribution in [0.3, 0.4) is 0 Å². The Morgan fingerprint density at radius 1 is 1.08 bits per heavy atom. The van der Waals surface area contributed by atoms with E-state index >= 15 is 0 Å². The van der Waals surface area contributed by atoms with Crippen LogP contribution in [-0.4, -0.2) is 71.3 Å². The van der Waals surface area contributed by atoms with Crippen molar-refractivity contribution in [1.82, 2.24) is 19.9 Å². The Labute approximate surface area is 153 Å². The Balaban J connectivity index is 1.56. The first-order valence-electron chi connectivity index (χ1n) is 9.08. The van der Waals surface area contributed by atoms with Gasteiger partial charge in [0.05, 0.1) is 52.3 Å². The van der Waals surface area contributed by atoms with Gasteiger partial charge in [-0.1, -0.05) is 19.1 Å². The monoisotopic (exact) mass is 368 g/mol. The molecule has 0 aromatic carbocycles. The Bertz CT molecular complexity index is 577. The van der Waals surface area contributed by atoms with E-state index in [1.165, 1.54) is 4.90 Å². The van der Waals surface area contributed by atoms with Crippen molar-refractivity contribution in [2.45, 2.75) is 39.8 Å². The van der Waals surface area contributed by atoms with Gasteiger partial charge >= 0.3 is 0 Å². The first kappa shape index (κ1) is 20.5. The summed E-state index contributed by atoms with van der Waals surface area (Å²) in [5.74, 6) is -0.542. The van der Waals surface area contributed by atoms with Crippen LogP contribution >= 0.6 is 0 Å². The van der Waals surface area contributed by atoms with Gasteiger partial charge in [-0.15, -0.1) is 5.10 Å². The van der Waals surface area contributed by atoms with Gasteiger partial charge in [-0.3, -0.25) is 14.5 Å². The predicted molar refractivity (Wildman–Crippen MR) is 92.1 cm³/mol. The molecule has 2 heterocycles. The van der Waals surface area contributed by atoms with Crippen LogP contribution in [0.5, 0.6) is 0 Å². The fourth-order valence-corrected chi connectivity index (χ4v) is 2.54. The maximum atomic E-state index is 11.9. The van der Waals surface area contributed by atoms with Crippen molar-refractivity contribution in [3.05, 3.63) is 11.9 Å². The summed E-state index contributed by atoms with van der Waals surface area (Å²) in [6.07, 6.45) is 3.01. The van der Waals surface area contributed by atoms with Crippen molar-refractivity contribution in [3.8, 4) is 0 Å². The normalized spacial score (nSPS) is 17.5. The number of carbonyl (C=O) groups is 2. The van der Waals surface area contributed by atoms with Gasteiger partial charge in [-0.2, -0.15) is 0 Å². The van der Waals surface area contributed by atoms with Crippen LogP contribution < -0.4 is 0 Å². The highest BCUT2D eigenvalue weighted by molar-refractivity contribution is 6.03. The minimum atomic E-state index is -0.244. The van der Waals surface area contributed by atoms with Crippen LogP contribution in [0.1, 0.15) is 32.4 Å². The predicted octanol–water partition coefficient (Wildman–Crippen LogP) is 0.633.